The summed E-state index contributed by atoms with van der Waals surface area (Å²) in [6.45, 7) is 6.56. The number of hydrogen-bond acceptors (Lipinski definition) is 5. The Morgan fingerprint density at radius 3 is 2.79 bits per heavy atom. The van der Waals surface area contributed by atoms with Crippen molar-refractivity contribution >= 4 is 17.4 Å². The maximum absolute atomic E-state index is 11.5. The first-order valence-electron chi connectivity index (χ1n) is 6.35. The van der Waals surface area contributed by atoms with E-state index in [4.69, 9.17) is 10.5 Å². The number of ether oxygens (including phenoxy) is 1. The molecule has 6 heteroatoms. The Labute approximate surface area is 113 Å². The minimum Gasteiger partial charge on any atom is -0.473 e. The van der Waals surface area contributed by atoms with Crippen molar-refractivity contribution in [2.75, 3.05) is 30.8 Å². The lowest BCUT2D eigenvalue weighted by Gasteiger charge is -2.19. The molecule has 0 atom stereocenters. The number of nitrogens with two attached hydrogens (primary N) is 1. The zero-order valence-electron chi connectivity index (χ0n) is 11.9. The van der Waals surface area contributed by atoms with Crippen LogP contribution in [-0.2, 0) is 4.79 Å². The van der Waals surface area contributed by atoms with Crippen LogP contribution in [0.5, 0.6) is 5.88 Å². The second-order valence-electron chi connectivity index (χ2n) is 4.54. The molecule has 0 spiro atoms. The molecule has 19 heavy (non-hydrogen) atoms. The summed E-state index contributed by atoms with van der Waals surface area (Å²) in [5, 5.41) is 2.74. The monoisotopic (exact) mass is 266 g/mol. The summed E-state index contributed by atoms with van der Waals surface area (Å²) in [6, 6.07) is 3.50. The lowest BCUT2D eigenvalue weighted by Crippen LogP contribution is -2.35. The third kappa shape index (κ3) is 4.65. The van der Waals surface area contributed by atoms with Gasteiger partial charge in [-0.3, -0.25) is 4.79 Å². The first kappa shape index (κ1) is 15.1. The highest BCUT2D eigenvalue weighted by molar-refractivity contribution is 5.80. The van der Waals surface area contributed by atoms with Crippen molar-refractivity contribution in [3.8, 4) is 5.88 Å². The number of nitrogens with zero attached hydrogens (tertiary/aromatic N) is 2. The predicted octanol–water partition coefficient (Wildman–Crippen LogP) is 1.02. The fraction of sp³-hybridized carbons (Fsp3) is 0.538. The number of pyridine rings is 1. The molecular weight excluding hydrogens is 244 g/mol. The van der Waals surface area contributed by atoms with Crippen LogP contribution < -0.4 is 20.7 Å². The highest BCUT2D eigenvalue weighted by Gasteiger charge is 2.11. The van der Waals surface area contributed by atoms with Crippen LogP contribution in [0.3, 0.4) is 0 Å². The average Bonchev–Trinajstić information content (AvgIpc) is 2.31. The van der Waals surface area contributed by atoms with Crippen LogP contribution in [0.1, 0.15) is 20.8 Å². The van der Waals surface area contributed by atoms with E-state index in [1.165, 1.54) is 0 Å². The highest BCUT2D eigenvalue weighted by Crippen LogP contribution is 2.23. The normalized spacial score (nSPS) is 10.4. The molecule has 1 aromatic heterocycles. The summed E-state index contributed by atoms with van der Waals surface area (Å²) in [4.78, 5) is 17.6. The number of amides is 1. The van der Waals surface area contributed by atoms with Crippen LogP contribution in [0, 0.1) is 0 Å². The molecule has 0 bridgehead atoms. The Morgan fingerprint density at radius 2 is 2.21 bits per heavy atom. The van der Waals surface area contributed by atoms with Gasteiger partial charge in [0.1, 0.15) is 5.82 Å². The molecule has 1 aromatic rings. The first-order valence-corrected chi connectivity index (χ1v) is 6.35. The fourth-order valence-corrected chi connectivity index (χ4v) is 1.52. The SMILES string of the molecule is CCNC(=O)CN(C)c1ccc(N)c(OC(C)C)n1. The molecule has 0 aliphatic carbocycles. The van der Waals surface area contributed by atoms with Gasteiger partial charge in [-0.1, -0.05) is 0 Å². The van der Waals surface area contributed by atoms with Gasteiger partial charge in [-0.15, -0.1) is 0 Å². The van der Waals surface area contributed by atoms with E-state index in [0.717, 1.165) is 0 Å². The van der Waals surface area contributed by atoms with Crippen LogP contribution >= 0.6 is 0 Å². The van der Waals surface area contributed by atoms with Gasteiger partial charge in [-0.2, -0.15) is 4.98 Å². The largest absolute Gasteiger partial charge is 0.473 e. The average molecular weight is 266 g/mol. The number of nitrogens with one attached hydrogen (secondary N) is 1. The van der Waals surface area contributed by atoms with Crippen LogP contribution in [0.2, 0.25) is 0 Å². The molecule has 3 N–H and O–H groups in total. The molecule has 0 aromatic carbocycles. The third-order valence-corrected chi connectivity index (χ3v) is 2.37. The number of anilines is 2. The molecule has 0 aliphatic rings. The summed E-state index contributed by atoms with van der Waals surface area (Å²) in [5.74, 6) is 1.00. The van der Waals surface area contributed by atoms with Gasteiger partial charge < -0.3 is 20.7 Å². The molecule has 0 saturated carbocycles. The van der Waals surface area contributed by atoms with E-state index < -0.39 is 0 Å². The van der Waals surface area contributed by atoms with Crippen molar-refractivity contribution in [1.29, 1.82) is 0 Å². The Bertz CT molecular complexity index is 435. The van der Waals surface area contributed by atoms with Crippen molar-refractivity contribution < 1.29 is 9.53 Å². The van der Waals surface area contributed by atoms with Crippen molar-refractivity contribution in [1.82, 2.24) is 10.3 Å². The first-order chi connectivity index (χ1) is 8.93. The van der Waals surface area contributed by atoms with E-state index in [2.05, 4.69) is 10.3 Å². The van der Waals surface area contributed by atoms with E-state index in [9.17, 15) is 4.79 Å². The van der Waals surface area contributed by atoms with E-state index in [-0.39, 0.29) is 18.6 Å². The summed E-state index contributed by atoms with van der Waals surface area (Å²) in [5.41, 5.74) is 6.29. The number of rotatable bonds is 6. The predicted molar refractivity (Wildman–Crippen MR) is 76.4 cm³/mol. The van der Waals surface area contributed by atoms with Crippen molar-refractivity contribution in [3.63, 3.8) is 0 Å². The lowest BCUT2D eigenvalue weighted by atomic mass is 10.3. The molecule has 0 fully saturated rings. The summed E-state index contributed by atoms with van der Waals surface area (Å²) < 4.78 is 5.52. The van der Waals surface area contributed by atoms with Crippen molar-refractivity contribution in [2.45, 2.75) is 26.9 Å². The topological polar surface area (TPSA) is 80.5 Å². The molecule has 0 radical (unpaired) electrons. The fourth-order valence-electron chi connectivity index (χ4n) is 1.52. The zero-order valence-corrected chi connectivity index (χ0v) is 11.9. The van der Waals surface area contributed by atoms with Gasteiger partial charge in [0.2, 0.25) is 11.8 Å². The minimum atomic E-state index is -0.0463. The van der Waals surface area contributed by atoms with Gasteiger partial charge in [0.05, 0.1) is 18.3 Å². The maximum Gasteiger partial charge on any atom is 0.239 e. The second kappa shape index (κ2) is 6.82. The third-order valence-electron chi connectivity index (χ3n) is 2.37. The minimum absolute atomic E-state index is 0.00116. The summed E-state index contributed by atoms with van der Waals surface area (Å²) in [7, 11) is 1.80. The molecule has 0 unspecified atom stereocenters. The number of nitrogen functional groups attached to an aromatic ring is 1. The van der Waals surface area contributed by atoms with E-state index >= 15 is 0 Å². The summed E-state index contributed by atoms with van der Waals surface area (Å²) in [6.07, 6.45) is -0.00116. The molecule has 1 rings (SSSR count). The van der Waals surface area contributed by atoms with Gasteiger partial charge in [-0.05, 0) is 32.9 Å². The Morgan fingerprint density at radius 1 is 1.53 bits per heavy atom. The van der Waals surface area contributed by atoms with Crippen molar-refractivity contribution in [3.05, 3.63) is 12.1 Å². The molecule has 1 amide bonds. The Kier molecular flexibility index (Phi) is 5.41. The van der Waals surface area contributed by atoms with E-state index in [0.29, 0.717) is 23.9 Å². The van der Waals surface area contributed by atoms with Gasteiger partial charge in [0, 0.05) is 13.6 Å². The van der Waals surface area contributed by atoms with Crippen LogP contribution in [0.4, 0.5) is 11.5 Å². The Hall–Kier alpha value is -1.98. The Balaban J connectivity index is 2.80. The number of carbonyl (C=O) groups excluding carboxylic acids is 1. The quantitative estimate of drug-likeness (QED) is 0.803. The van der Waals surface area contributed by atoms with Gasteiger partial charge in [0.15, 0.2) is 0 Å². The number of hydrogen-bond donors (Lipinski definition) is 2. The molecule has 6 nitrogen and oxygen atoms in total. The molecule has 1 heterocycles. The number of carbonyl (C=O) groups is 1. The van der Waals surface area contributed by atoms with Crippen LogP contribution in [0.25, 0.3) is 0 Å². The standard InChI is InChI=1S/C13H22N4O2/c1-5-15-12(18)8-17(4)11-7-6-10(14)13(16-11)19-9(2)3/h6-7,9H,5,8,14H2,1-4H3,(H,15,18). The molecular formula is C13H22N4O2. The number of aromatic nitrogens is 1. The van der Waals surface area contributed by atoms with Crippen molar-refractivity contribution in [2.24, 2.45) is 0 Å². The van der Waals surface area contributed by atoms with E-state index in [1.54, 1.807) is 24.1 Å². The van der Waals surface area contributed by atoms with Crippen LogP contribution in [0.15, 0.2) is 12.1 Å². The van der Waals surface area contributed by atoms with E-state index in [1.807, 2.05) is 20.8 Å². The smallest absolute Gasteiger partial charge is 0.239 e. The maximum atomic E-state index is 11.5. The zero-order chi connectivity index (χ0) is 14.4. The number of likely N-dealkylation sites (N-methyl/N-ethyl adjacent to an activating group) is 2. The van der Waals surface area contributed by atoms with Gasteiger partial charge >= 0.3 is 0 Å². The molecule has 0 saturated heterocycles. The highest BCUT2D eigenvalue weighted by atomic mass is 16.5. The second-order valence-corrected chi connectivity index (χ2v) is 4.54. The lowest BCUT2D eigenvalue weighted by molar-refractivity contribution is -0.119. The summed E-state index contributed by atoms with van der Waals surface area (Å²) >= 11 is 0. The van der Waals surface area contributed by atoms with Gasteiger partial charge in [0.25, 0.3) is 0 Å². The molecule has 0 aliphatic heterocycles. The molecule has 106 valence electrons. The van der Waals surface area contributed by atoms with Crippen LogP contribution in [-0.4, -0.2) is 37.1 Å². The van der Waals surface area contributed by atoms with Gasteiger partial charge in [-0.25, -0.2) is 0 Å².